The lowest BCUT2D eigenvalue weighted by atomic mass is 10.2. The molecule has 1 aromatic heterocycles. The van der Waals surface area contributed by atoms with Crippen LogP contribution in [0.3, 0.4) is 0 Å². The topological polar surface area (TPSA) is 36.9 Å². The van der Waals surface area contributed by atoms with Gasteiger partial charge in [-0.25, -0.2) is 0 Å². The van der Waals surface area contributed by atoms with Crippen molar-refractivity contribution >= 4 is 11.0 Å². The second kappa shape index (κ2) is 3.05. The first kappa shape index (κ1) is 7.46. The Labute approximate surface area is 75.4 Å². The van der Waals surface area contributed by atoms with Crippen molar-refractivity contribution < 1.29 is 4.42 Å². The Morgan fingerprint density at radius 2 is 2.15 bits per heavy atom. The SMILES string of the molecule is N#CC#Cc1ccc2occc2c1. The van der Waals surface area contributed by atoms with Gasteiger partial charge in [0.2, 0.25) is 0 Å². The van der Waals surface area contributed by atoms with Crippen molar-refractivity contribution in [1.29, 1.82) is 5.26 Å². The monoisotopic (exact) mass is 167 g/mol. The summed E-state index contributed by atoms with van der Waals surface area (Å²) in [6.07, 6.45) is 1.63. The van der Waals surface area contributed by atoms with E-state index in [1.54, 1.807) is 12.3 Å². The van der Waals surface area contributed by atoms with Crippen LogP contribution in [0, 0.1) is 23.2 Å². The van der Waals surface area contributed by atoms with Crippen LogP contribution in [0.1, 0.15) is 5.56 Å². The fourth-order valence-corrected chi connectivity index (χ4v) is 1.14. The first-order valence-corrected chi connectivity index (χ1v) is 3.77. The van der Waals surface area contributed by atoms with Gasteiger partial charge in [-0.1, -0.05) is 5.92 Å². The molecule has 0 N–H and O–H groups in total. The lowest BCUT2D eigenvalue weighted by Crippen LogP contribution is -1.71. The summed E-state index contributed by atoms with van der Waals surface area (Å²) in [6, 6.07) is 9.21. The van der Waals surface area contributed by atoms with Crippen LogP contribution >= 0.6 is 0 Å². The molecule has 60 valence electrons. The Morgan fingerprint density at radius 1 is 1.23 bits per heavy atom. The second-order valence-electron chi connectivity index (χ2n) is 2.54. The molecule has 0 atom stereocenters. The van der Waals surface area contributed by atoms with Crippen LogP contribution in [-0.2, 0) is 0 Å². The Hall–Kier alpha value is -2.19. The average Bonchev–Trinajstić information content (AvgIpc) is 2.61. The minimum Gasteiger partial charge on any atom is -0.464 e. The van der Waals surface area contributed by atoms with E-state index in [9.17, 15) is 0 Å². The predicted octanol–water partition coefficient (Wildman–Crippen LogP) is 2.31. The van der Waals surface area contributed by atoms with Crippen molar-refractivity contribution in [2.24, 2.45) is 0 Å². The lowest BCUT2D eigenvalue weighted by molar-refractivity contribution is 0.616. The van der Waals surface area contributed by atoms with Gasteiger partial charge < -0.3 is 4.42 Å². The summed E-state index contributed by atoms with van der Waals surface area (Å²) in [5, 5.41) is 9.26. The van der Waals surface area contributed by atoms with Crippen molar-refractivity contribution in [1.82, 2.24) is 0 Å². The van der Waals surface area contributed by atoms with Crippen molar-refractivity contribution in [3.8, 4) is 17.9 Å². The highest BCUT2D eigenvalue weighted by Crippen LogP contribution is 2.16. The molecule has 2 heteroatoms. The molecule has 13 heavy (non-hydrogen) atoms. The molecule has 1 aromatic carbocycles. The molecule has 0 aliphatic carbocycles. The summed E-state index contributed by atoms with van der Waals surface area (Å²) in [6.45, 7) is 0. The minimum absolute atomic E-state index is 0.829. The summed E-state index contributed by atoms with van der Waals surface area (Å²) < 4.78 is 5.16. The summed E-state index contributed by atoms with van der Waals surface area (Å²) >= 11 is 0. The molecular weight excluding hydrogens is 162 g/mol. The van der Waals surface area contributed by atoms with Crippen molar-refractivity contribution in [3.05, 3.63) is 36.1 Å². The lowest BCUT2D eigenvalue weighted by Gasteiger charge is -1.88. The molecule has 1 heterocycles. The van der Waals surface area contributed by atoms with Gasteiger partial charge in [0.05, 0.1) is 6.26 Å². The fourth-order valence-electron chi connectivity index (χ4n) is 1.14. The molecule has 0 aliphatic rings. The zero-order valence-electron chi connectivity index (χ0n) is 6.74. The summed E-state index contributed by atoms with van der Waals surface area (Å²) in [4.78, 5) is 0. The number of hydrogen-bond acceptors (Lipinski definition) is 2. The van der Waals surface area contributed by atoms with Crippen LogP contribution in [0.2, 0.25) is 0 Å². The normalized spacial score (nSPS) is 8.85. The standard InChI is InChI=1S/C11H5NO/c12-6-1-2-9-3-4-11-10(8-9)5-7-13-11/h3-5,7-8H. The van der Waals surface area contributed by atoms with Crippen LogP contribution in [0.15, 0.2) is 34.9 Å². The Morgan fingerprint density at radius 3 is 3.00 bits per heavy atom. The van der Waals surface area contributed by atoms with Gasteiger partial charge in [0, 0.05) is 16.9 Å². The van der Waals surface area contributed by atoms with Gasteiger partial charge in [-0.15, -0.1) is 0 Å². The molecule has 2 aromatic rings. The van der Waals surface area contributed by atoms with Crippen molar-refractivity contribution in [2.75, 3.05) is 0 Å². The molecule has 0 bridgehead atoms. The quantitative estimate of drug-likeness (QED) is 0.564. The van der Waals surface area contributed by atoms with E-state index in [-0.39, 0.29) is 0 Å². The van der Waals surface area contributed by atoms with E-state index < -0.39 is 0 Å². The van der Waals surface area contributed by atoms with Gasteiger partial charge in [0.15, 0.2) is 6.07 Å². The average molecular weight is 167 g/mol. The number of nitrogens with zero attached hydrogens (tertiary/aromatic N) is 1. The molecule has 0 radical (unpaired) electrons. The molecule has 0 unspecified atom stereocenters. The molecular formula is C11H5NO. The maximum absolute atomic E-state index is 8.26. The summed E-state index contributed by atoms with van der Waals surface area (Å²) in [7, 11) is 0. The smallest absolute Gasteiger partial charge is 0.152 e. The van der Waals surface area contributed by atoms with E-state index in [2.05, 4.69) is 11.8 Å². The predicted molar refractivity (Wildman–Crippen MR) is 48.7 cm³/mol. The van der Waals surface area contributed by atoms with E-state index in [0.717, 1.165) is 16.5 Å². The second-order valence-corrected chi connectivity index (χ2v) is 2.54. The van der Waals surface area contributed by atoms with Gasteiger partial charge in [0.25, 0.3) is 0 Å². The maximum atomic E-state index is 8.26. The van der Waals surface area contributed by atoms with Crippen LogP contribution in [-0.4, -0.2) is 0 Å². The Balaban J connectivity index is 2.56. The van der Waals surface area contributed by atoms with Crippen molar-refractivity contribution in [2.45, 2.75) is 0 Å². The molecule has 0 spiro atoms. The third kappa shape index (κ3) is 1.38. The van der Waals surface area contributed by atoms with Gasteiger partial charge in [-0.2, -0.15) is 5.26 Å². The molecule has 0 amide bonds. The Bertz CT molecular complexity index is 534. The number of hydrogen-bond donors (Lipinski definition) is 0. The third-order valence-electron chi connectivity index (χ3n) is 1.72. The van der Waals surface area contributed by atoms with Gasteiger partial charge >= 0.3 is 0 Å². The minimum atomic E-state index is 0.829. The highest BCUT2D eigenvalue weighted by Gasteiger charge is 1.95. The van der Waals surface area contributed by atoms with Crippen molar-refractivity contribution in [3.63, 3.8) is 0 Å². The van der Waals surface area contributed by atoms with Crippen LogP contribution in [0.5, 0.6) is 0 Å². The highest BCUT2D eigenvalue weighted by atomic mass is 16.3. The van der Waals surface area contributed by atoms with Gasteiger partial charge in [-0.3, -0.25) is 0 Å². The zero-order valence-corrected chi connectivity index (χ0v) is 6.74. The number of benzene rings is 1. The summed E-state index contributed by atoms with van der Waals surface area (Å²) in [5.41, 5.74) is 1.66. The van der Waals surface area contributed by atoms with Crippen LogP contribution in [0.25, 0.3) is 11.0 Å². The summed E-state index contributed by atoms with van der Waals surface area (Å²) in [5.74, 6) is 5.07. The first-order chi connectivity index (χ1) is 6.40. The number of nitriles is 1. The number of fused-ring (bicyclic) bond motifs is 1. The third-order valence-corrected chi connectivity index (χ3v) is 1.72. The van der Waals surface area contributed by atoms with E-state index in [4.69, 9.17) is 9.68 Å². The first-order valence-electron chi connectivity index (χ1n) is 3.77. The molecule has 0 saturated heterocycles. The largest absolute Gasteiger partial charge is 0.464 e. The highest BCUT2D eigenvalue weighted by molar-refractivity contribution is 5.78. The van der Waals surface area contributed by atoms with E-state index in [0.29, 0.717) is 0 Å². The van der Waals surface area contributed by atoms with Gasteiger partial charge in [0.1, 0.15) is 5.58 Å². The number of furan rings is 1. The fraction of sp³-hybridized carbons (Fsp3) is 0. The molecule has 0 aliphatic heterocycles. The molecule has 0 fully saturated rings. The Kier molecular flexibility index (Phi) is 1.75. The zero-order chi connectivity index (χ0) is 9.10. The molecule has 2 rings (SSSR count). The number of rotatable bonds is 0. The molecule has 0 saturated carbocycles. The van der Waals surface area contributed by atoms with Crippen LogP contribution < -0.4 is 0 Å². The van der Waals surface area contributed by atoms with Gasteiger partial charge in [-0.05, 0) is 24.3 Å². The van der Waals surface area contributed by atoms with E-state index >= 15 is 0 Å². The maximum Gasteiger partial charge on any atom is 0.152 e. The van der Waals surface area contributed by atoms with E-state index in [1.807, 2.05) is 24.3 Å². The van der Waals surface area contributed by atoms with E-state index in [1.165, 1.54) is 0 Å². The molecule has 2 nitrogen and oxygen atoms in total. The van der Waals surface area contributed by atoms with Crippen LogP contribution in [0.4, 0.5) is 0 Å².